The molecule has 2 aromatic carbocycles. The molecule has 0 saturated carbocycles. The molecule has 0 aliphatic rings. The summed E-state index contributed by atoms with van der Waals surface area (Å²) in [7, 11) is 0. The predicted octanol–water partition coefficient (Wildman–Crippen LogP) is 3.72. The summed E-state index contributed by atoms with van der Waals surface area (Å²) in [6, 6.07) is 15.6. The number of rotatable bonds is 2. The molecule has 3 rings (SSSR count). The second-order valence-electron chi connectivity index (χ2n) is 4.05. The van der Waals surface area contributed by atoms with E-state index in [0.29, 0.717) is 5.82 Å². The lowest BCUT2D eigenvalue weighted by Gasteiger charge is -2.10. The minimum atomic E-state index is 0.258. The number of aromatic nitrogens is 2. The van der Waals surface area contributed by atoms with Crippen LogP contribution in [0.5, 0.6) is 0 Å². The second kappa shape index (κ2) is 4.85. The van der Waals surface area contributed by atoms with Gasteiger partial charge in [-0.3, -0.25) is 0 Å². The summed E-state index contributed by atoms with van der Waals surface area (Å²) in [6.45, 7) is 0. The predicted molar refractivity (Wildman–Crippen MR) is 81.4 cm³/mol. The van der Waals surface area contributed by atoms with Gasteiger partial charge >= 0.3 is 0 Å². The molecule has 0 radical (unpaired) electrons. The highest BCUT2D eigenvalue weighted by molar-refractivity contribution is 9.10. The zero-order chi connectivity index (χ0) is 13.2. The molecule has 5 heteroatoms. The zero-order valence-corrected chi connectivity index (χ0v) is 11.6. The average Bonchev–Trinajstić information content (AvgIpc) is 2.41. The Morgan fingerprint density at radius 1 is 0.947 bits per heavy atom. The van der Waals surface area contributed by atoms with Gasteiger partial charge in [-0.2, -0.15) is 4.98 Å². The molecular weight excluding hydrogens is 304 g/mol. The van der Waals surface area contributed by atoms with Crippen molar-refractivity contribution in [2.45, 2.75) is 0 Å². The lowest BCUT2D eigenvalue weighted by Crippen LogP contribution is -2.01. The van der Waals surface area contributed by atoms with Gasteiger partial charge in [0.25, 0.3) is 0 Å². The number of halogens is 1. The topological polar surface area (TPSA) is 63.8 Å². The Hall–Kier alpha value is -2.14. The molecule has 1 aromatic heterocycles. The molecule has 1 heterocycles. The van der Waals surface area contributed by atoms with Crippen LogP contribution >= 0.6 is 15.9 Å². The minimum Gasteiger partial charge on any atom is -0.368 e. The Bertz CT molecular complexity index is 742. The first-order valence-electron chi connectivity index (χ1n) is 5.78. The van der Waals surface area contributed by atoms with E-state index in [-0.39, 0.29) is 5.95 Å². The van der Waals surface area contributed by atoms with Gasteiger partial charge in [-0.05, 0) is 40.2 Å². The molecule has 94 valence electrons. The third-order valence-corrected chi connectivity index (χ3v) is 3.44. The molecule has 0 amide bonds. The van der Waals surface area contributed by atoms with Crippen molar-refractivity contribution in [1.29, 1.82) is 0 Å². The summed E-state index contributed by atoms with van der Waals surface area (Å²) in [5.74, 6) is 0.961. The monoisotopic (exact) mass is 314 g/mol. The summed E-state index contributed by atoms with van der Waals surface area (Å²) in [5.41, 5.74) is 7.50. The van der Waals surface area contributed by atoms with E-state index in [0.717, 1.165) is 21.1 Å². The highest BCUT2D eigenvalue weighted by Crippen LogP contribution is 2.28. The fourth-order valence-electron chi connectivity index (χ4n) is 1.88. The fraction of sp³-hybridized carbons (Fsp3) is 0. The molecule has 0 fully saturated rings. The summed E-state index contributed by atoms with van der Waals surface area (Å²) >= 11 is 3.50. The number of nitrogens with one attached hydrogen (secondary N) is 1. The second-order valence-corrected chi connectivity index (χ2v) is 4.91. The van der Waals surface area contributed by atoms with Crippen LogP contribution in [-0.4, -0.2) is 9.97 Å². The number of benzene rings is 2. The first-order valence-corrected chi connectivity index (χ1v) is 6.57. The van der Waals surface area contributed by atoms with Crippen LogP contribution in [-0.2, 0) is 0 Å². The van der Waals surface area contributed by atoms with E-state index < -0.39 is 0 Å². The first-order chi connectivity index (χ1) is 9.24. The average molecular weight is 315 g/mol. The van der Waals surface area contributed by atoms with Crippen molar-refractivity contribution >= 4 is 44.3 Å². The summed E-state index contributed by atoms with van der Waals surface area (Å²) in [4.78, 5) is 8.49. The van der Waals surface area contributed by atoms with Crippen molar-refractivity contribution in [3.8, 4) is 0 Å². The van der Waals surface area contributed by atoms with Crippen LogP contribution < -0.4 is 11.1 Å². The smallest absolute Gasteiger partial charge is 0.222 e. The maximum Gasteiger partial charge on any atom is 0.222 e. The number of nitrogen functional groups attached to an aromatic ring is 1. The van der Waals surface area contributed by atoms with Crippen molar-refractivity contribution in [3.63, 3.8) is 0 Å². The molecule has 19 heavy (non-hydrogen) atoms. The van der Waals surface area contributed by atoms with Crippen LogP contribution in [0.25, 0.3) is 10.9 Å². The Labute approximate surface area is 118 Å². The lowest BCUT2D eigenvalue weighted by molar-refractivity contribution is 1.23. The van der Waals surface area contributed by atoms with Gasteiger partial charge in [-0.25, -0.2) is 4.98 Å². The van der Waals surface area contributed by atoms with Gasteiger partial charge in [0, 0.05) is 9.86 Å². The normalized spacial score (nSPS) is 10.6. The van der Waals surface area contributed by atoms with Crippen LogP contribution in [0.3, 0.4) is 0 Å². The molecular formula is C14H11BrN4. The largest absolute Gasteiger partial charge is 0.368 e. The van der Waals surface area contributed by atoms with Crippen molar-refractivity contribution in [2.75, 3.05) is 11.1 Å². The SMILES string of the molecule is Nc1nc(Nc2ccccc2Br)c2ccccc2n1. The summed E-state index contributed by atoms with van der Waals surface area (Å²) in [6.07, 6.45) is 0. The Morgan fingerprint density at radius 3 is 2.53 bits per heavy atom. The van der Waals surface area contributed by atoms with Crippen molar-refractivity contribution in [1.82, 2.24) is 9.97 Å². The van der Waals surface area contributed by atoms with Gasteiger partial charge in [0.1, 0.15) is 5.82 Å². The molecule has 4 nitrogen and oxygen atoms in total. The maximum atomic E-state index is 5.74. The Balaban J connectivity index is 2.13. The summed E-state index contributed by atoms with van der Waals surface area (Å²) < 4.78 is 0.969. The lowest BCUT2D eigenvalue weighted by atomic mass is 10.2. The van der Waals surface area contributed by atoms with Crippen molar-refractivity contribution in [2.24, 2.45) is 0 Å². The first kappa shape index (κ1) is 11.9. The van der Waals surface area contributed by atoms with E-state index in [2.05, 4.69) is 31.2 Å². The standard InChI is InChI=1S/C14H11BrN4/c15-10-6-2-4-8-12(10)17-13-9-5-1-3-7-11(9)18-14(16)19-13/h1-8H,(H3,16,17,18,19). The van der Waals surface area contributed by atoms with Gasteiger partial charge in [-0.1, -0.05) is 24.3 Å². The van der Waals surface area contributed by atoms with Crippen molar-refractivity contribution in [3.05, 3.63) is 53.0 Å². The van der Waals surface area contributed by atoms with Crippen LogP contribution in [0.2, 0.25) is 0 Å². The van der Waals surface area contributed by atoms with E-state index in [1.807, 2.05) is 48.5 Å². The molecule has 0 bridgehead atoms. The molecule has 0 aliphatic heterocycles. The zero-order valence-electron chi connectivity index (χ0n) is 9.97. The third-order valence-electron chi connectivity index (χ3n) is 2.75. The van der Waals surface area contributed by atoms with Gasteiger partial charge in [0.05, 0.1) is 11.2 Å². The number of hydrogen-bond acceptors (Lipinski definition) is 4. The number of fused-ring (bicyclic) bond motifs is 1. The van der Waals surface area contributed by atoms with Crippen LogP contribution in [0.4, 0.5) is 17.5 Å². The van der Waals surface area contributed by atoms with E-state index >= 15 is 0 Å². The quantitative estimate of drug-likeness (QED) is 0.756. The number of anilines is 3. The van der Waals surface area contributed by atoms with Crippen LogP contribution in [0.1, 0.15) is 0 Å². The van der Waals surface area contributed by atoms with Crippen LogP contribution in [0, 0.1) is 0 Å². The van der Waals surface area contributed by atoms with E-state index in [1.165, 1.54) is 0 Å². The molecule has 0 spiro atoms. The molecule has 0 atom stereocenters. The number of para-hydroxylation sites is 2. The van der Waals surface area contributed by atoms with E-state index in [4.69, 9.17) is 5.73 Å². The maximum absolute atomic E-state index is 5.74. The van der Waals surface area contributed by atoms with Crippen molar-refractivity contribution < 1.29 is 0 Å². The van der Waals surface area contributed by atoms with Gasteiger partial charge in [0.2, 0.25) is 5.95 Å². The highest BCUT2D eigenvalue weighted by Gasteiger charge is 2.07. The third kappa shape index (κ3) is 2.37. The fourth-order valence-corrected chi connectivity index (χ4v) is 2.26. The minimum absolute atomic E-state index is 0.258. The van der Waals surface area contributed by atoms with E-state index in [9.17, 15) is 0 Å². The number of hydrogen-bond donors (Lipinski definition) is 2. The molecule has 0 unspecified atom stereocenters. The molecule has 3 N–H and O–H groups in total. The van der Waals surface area contributed by atoms with Crippen LogP contribution in [0.15, 0.2) is 53.0 Å². The number of nitrogens with two attached hydrogens (primary N) is 1. The van der Waals surface area contributed by atoms with Gasteiger partial charge in [0.15, 0.2) is 0 Å². The molecule has 0 aliphatic carbocycles. The summed E-state index contributed by atoms with van der Waals surface area (Å²) in [5, 5.41) is 4.22. The Kier molecular flexibility index (Phi) is 3.05. The highest BCUT2D eigenvalue weighted by atomic mass is 79.9. The van der Waals surface area contributed by atoms with E-state index in [1.54, 1.807) is 0 Å². The number of nitrogens with zero attached hydrogens (tertiary/aromatic N) is 2. The molecule has 0 saturated heterocycles. The van der Waals surface area contributed by atoms with Gasteiger partial charge < -0.3 is 11.1 Å². The Morgan fingerprint density at radius 2 is 1.68 bits per heavy atom. The molecule has 3 aromatic rings. The van der Waals surface area contributed by atoms with Gasteiger partial charge in [-0.15, -0.1) is 0 Å².